The number of halogens is 5. The van der Waals surface area contributed by atoms with Gasteiger partial charge in [0, 0.05) is 0 Å². The van der Waals surface area contributed by atoms with Crippen LogP contribution in [-0.4, -0.2) is 23.1 Å². The van der Waals surface area contributed by atoms with Gasteiger partial charge in [0.25, 0.3) is 0 Å². The molecule has 236 valence electrons. The first kappa shape index (κ1) is 32.6. The maximum atomic E-state index is 16.9. The van der Waals surface area contributed by atoms with E-state index in [1.54, 1.807) is 6.07 Å². The Hall–Kier alpha value is -1.30. The molecule has 2 nitrogen and oxygen atoms in total. The van der Waals surface area contributed by atoms with E-state index in [0.717, 1.165) is 45.9 Å². The van der Waals surface area contributed by atoms with E-state index in [-0.39, 0.29) is 19.0 Å². The van der Waals surface area contributed by atoms with Crippen molar-refractivity contribution in [2.45, 2.75) is 74.4 Å². The number of alkyl halides is 4. The summed E-state index contributed by atoms with van der Waals surface area (Å²) < 4.78 is 32.0. The molecule has 7 rings (SSSR count). The Morgan fingerprint density at radius 3 is 2.23 bits per heavy atom. The van der Waals surface area contributed by atoms with Gasteiger partial charge in [0.05, 0.1) is 0 Å². The number of hydrogen-bond donors (Lipinski definition) is 1. The second-order valence-corrected chi connectivity index (χ2v) is 25.3. The summed E-state index contributed by atoms with van der Waals surface area (Å²) in [6, 6.07) is 22.5. The first-order valence-electron chi connectivity index (χ1n) is 15.1. The van der Waals surface area contributed by atoms with E-state index in [0.29, 0.717) is 33.1 Å². The second kappa shape index (κ2) is 12.4. The van der Waals surface area contributed by atoms with Crippen molar-refractivity contribution in [3.05, 3.63) is 97.1 Å². The molecule has 4 saturated carbocycles. The Balaban J connectivity index is 1.42. The van der Waals surface area contributed by atoms with Crippen LogP contribution < -0.4 is 21.2 Å². The third kappa shape index (κ3) is 5.74. The predicted octanol–water partition coefficient (Wildman–Crippen LogP) is 7.75. The summed E-state index contributed by atoms with van der Waals surface area (Å²) >= 11 is 1.78. The van der Waals surface area contributed by atoms with Crippen molar-refractivity contribution in [2.75, 3.05) is 6.26 Å². The van der Waals surface area contributed by atoms with Gasteiger partial charge in [-0.2, -0.15) is 0 Å². The van der Waals surface area contributed by atoms with E-state index in [1.165, 1.54) is 9.65 Å². The summed E-state index contributed by atoms with van der Waals surface area (Å²) in [5.74, 6) is 0.854. The Labute approximate surface area is 284 Å². The van der Waals surface area contributed by atoms with Crippen LogP contribution in [0.4, 0.5) is 8.78 Å². The van der Waals surface area contributed by atoms with Gasteiger partial charge in [-0.25, -0.2) is 0 Å². The van der Waals surface area contributed by atoms with Crippen molar-refractivity contribution in [2.24, 2.45) is 17.8 Å². The quantitative estimate of drug-likeness (QED) is 0.127. The summed E-state index contributed by atoms with van der Waals surface area (Å²) in [5.41, 5.74) is 2.37. The van der Waals surface area contributed by atoms with Crippen LogP contribution in [0, 0.1) is 33.7 Å². The molecule has 44 heavy (non-hydrogen) atoms. The van der Waals surface area contributed by atoms with E-state index < -0.39 is 55.0 Å². The molecule has 4 fully saturated rings. The van der Waals surface area contributed by atoms with Gasteiger partial charge in [-0.1, -0.05) is 0 Å². The van der Waals surface area contributed by atoms with Crippen LogP contribution in [0.25, 0.3) is 0 Å². The minimum atomic E-state index is -3.55. The number of benzene rings is 3. The van der Waals surface area contributed by atoms with E-state index >= 15 is 8.78 Å². The predicted molar refractivity (Wildman–Crippen MR) is 184 cm³/mol. The zero-order valence-corrected chi connectivity index (χ0v) is 31.2. The summed E-state index contributed by atoms with van der Waals surface area (Å²) in [4.78, 5) is 15.9. The average molecular weight is 861 g/mol. The molecule has 3 aromatic rings. The number of aryl methyl sites for hydroxylation is 2. The molecule has 0 saturated heterocycles. The average Bonchev–Trinajstić information content (AvgIpc) is 2.99. The number of Topliss-reactive ketones (excluding diaryl/α,β-unsaturated/α-hetero) is 1. The fourth-order valence-corrected chi connectivity index (χ4v) is 22.4. The van der Waals surface area contributed by atoms with Crippen molar-refractivity contribution < 1.29 is 34.8 Å². The molecule has 4 aliphatic carbocycles. The minimum absolute atomic E-state index is 0.0221. The molecule has 4 bridgehead atoms. The zero-order chi connectivity index (χ0) is 31.4. The molecule has 4 aliphatic rings. The number of hydrogen-bond acceptors (Lipinski definition) is 2. The molecule has 0 heterocycles. The molecule has 3 atom stereocenters. The number of nitrogens with one attached hydrogen (secondary N) is 1. The molecule has 0 radical (unpaired) electrons. The Bertz CT molecular complexity index is 1590. The van der Waals surface area contributed by atoms with Crippen LogP contribution in [0.15, 0.2) is 92.1 Å². The molecule has 0 amide bonds. The first-order chi connectivity index (χ1) is 20.9. The van der Waals surface area contributed by atoms with E-state index in [9.17, 15) is 4.79 Å². The van der Waals surface area contributed by atoms with Gasteiger partial charge >= 0.3 is 287 Å². The zero-order valence-electron chi connectivity index (χ0n) is 25.3. The van der Waals surface area contributed by atoms with Crippen LogP contribution >= 0.6 is 41.4 Å². The molecule has 3 aromatic carbocycles. The van der Waals surface area contributed by atoms with E-state index in [4.69, 9.17) is 17.0 Å². The van der Waals surface area contributed by atoms with Crippen molar-refractivity contribution in [1.82, 2.24) is 0 Å². The van der Waals surface area contributed by atoms with Gasteiger partial charge in [-0.05, 0) is 0 Å². The SMILES string of the molecule is C=CI(c1cc(Cl)ccc1S(C)(c1ccc(C)cc1)c1ccc(CC)cc1)C(F)(F)C(=N)[I-]C12CC3CC(C1)C(=O)C(C3)C2. The molecule has 0 spiro atoms. The Morgan fingerprint density at radius 2 is 1.66 bits per heavy atom. The molecule has 3 unspecified atom stereocenters. The summed E-state index contributed by atoms with van der Waals surface area (Å²) in [7, 11) is -1.95. The molecule has 1 N–H and O–H groups in total. The number of rotatable bonds is 10. The maximum absolute atomic E-state index is 16.9. The van der Waals surface area contributed by atoms with Crippen molar-refractivity contribution >= 4 is 51.0 Å². The Morgan fingerprint density at radius 1 is 1.07 bits per heavy atom. The van der Waals surface area contributed by atoms with Crippen LogP contribution in [-0.2, 0) is 11.2 Å². The van der Waals surface area contributed by atoms with Crippen LogP contribution in [0.5, 0.6) is 0 Å². The van der Waals surface area contributed by atoms with Gasteiger partial charge < -0.3 is 0 Å². The Kier molecular flexibility index (Phi) is 9.18. The van der Waals surface area contributed by atoms with E-state index in [2.05, 4.69) is 75.2 Å². The van der Waals surface area contributed by atoms with Crippen molar-refractivity contribution in [3.8, 4) is 0 Å². The van der Waals surface area contributed by atoms with Crippen LogP contribution in [0.2, 0.25) is 5.02 Å². The van der Waals surface area contributed by atoms with Gasteiger partial charge in [-0.15, -0.1) is 0 Å². The molecule has 0 aliphatic heterocycles. The molecule has 8 heteroatoms. The molecular weight excluding hydrogens is 822 g/mol. The fourth-order valence-electron chi connectivity index (χ4n) is 7.58. The molecule has 0 aromatic heterocycles. The van der Waals surface area contributed by atoms with Gasteiger partial charge in [0.2, 0.25) is 0 Å². The fraction of sp³-hybridized carbons (Fsp3) is 0.389. The number of ketones is 1. The number of carbonyl (C=O) groups excluding carboxylic acids is 1. The third-order valence-corrected chi connectivity index (χ3v) is 23.7. The summed E-state index contributed by atoms with van der Waals surface area (Å²) in [6.07, 6.45) is 7.28. The monoisotopic (exact) mass is 860 g/mol. The van der Waals surface area contributed by atoms with Crippen LogP contribution in [0.3, 0.4) is 0 Å². The summed E-state index contributed by atoms with van der Waals surface area (Å²) in [5, 5.41) is 9.44. The third-order valence-electron chi connectivity index (χ3n) is 9.72. The first-order valence-corrected chi connectivity index (χ1v) is 23.1. The van der Waals surface area contributed by atoms with Crippen LogP contribution in [0.1, 0.15) is 50.2 Å². The van der Waals surface area contributed by atoms with Gasteiger partial charge in [0.1, 0.15) is 0 Å². The summed E-state index contributed by atoms with van der Waals surface area (Å²) in [6.45, 7) is 8.16. The second-order valence-electron chi connectivity index (χ2n) is 12.6. The normalized spacial score (nSPS) is 26.7. The number of carbonyl (C=O) groups is 1. The van der Waals surface area contributed by atoms with E-state index in [1.807, 2.05) is 12.1 Å². The molecular formula is C36H39ClF2I2NOS-. The van der Waals surface area contributed by atoms with Gasteiger partial charge in [-0.3, -0.25) is 0 Å². The van der Waals surface area contributed by atoms with Crippen molar-refractivity contribution in [3.63, 3.8) is 0 Å². The standard InChI is InChI=1S/C36H39ClF2I2NOS/c1-5-24-9-14-30(15-10-24)44(4,29-12-7-23(3)8-13-29)32-16-11-28(37)19-31(32)41(6-2)36(38,39)34(42)40-35-20-25-17-26(21-35)33(43)27(18-25)22-35/h6-16,19,25-27,42H,2,5,17-18,20-22H2,1,3-4H3/q-1. The van der Waals surface area contributed by atoms with Gasteiger partial charge in [0.15, 0.2) is 0 Å². The topological polar surface area (TPSA) is 40.9 Å². The van der Waals surface area contributed by atoms with Crippen molar-refractivity contribution in [1.29, 1.82) is 5.41 Å².